The molecule has 30 heavy (non-hydrogen) atoms. The van der Waals surface area contributed by atoms with Gasteiger partial charge in [0.15, 0.2) is 0 Å². The highest BCUT2D eigenvalue weighted by Crippen LogP contribution is 2.31. The van der Waals surface area contributed by atoms with E-state index < -0.39 is 16.0 Å². The predicted octanol–water partition coefficient (Wildman–Crippen LogP) is 3.56. The van der Waals surface area contributed by atoms with Gasteiger partial charge in [0.2, 0.25) is 10.0 Å². The zero-order chi connectivity index (χ0) is 21.7. The molecule has 2 aromatic rings. The Hall–Kier alpha value is -1.84. The topological polar surface area (TPSA) is 82.1 Å². The maximum atomic E-state index is 12.9. The Morgan fingerprint density at radius 1 is 1.10 bits per heavy atom. The lowest BCUT2D eigenvalue weighted by Crippen LogP contribution is -2.40. The van der Waals surface area contributed by atoms with Crippen LogP contribution in [0.25, 0.3) is 0 Å². The summed E-state index contributed by atoms with van der Waals surface area (Å²) in [4.78, 5) is 12.3. The van der Waals surface area contributed by atoms with Crippen molar-refractivity contribution >= 4 is 39.2 Å². The summed E-state index contributed by atoms with van der Waals surface area (Å²) in [5.74, 6) is -0.0996. The molecule has 0 atom stereocenters. The summed E-state index contributed by atoms with van der Waals surface area (Å²) in [5, 5.41) is -0.0589. The highest BCUT2D eigenvalue weighted by atomic mass is 35.5. The van der Waals surface area contributed by atoms with Crippen LogP contribution in [0.3, 0.4) is 0 Å². The van der Waals surface area contributed by atoms with Crippen LogP contribution in [-0.4, -0.2) is 58.2 Å². The van der Waals surface area contributed by atoms with Gasteiger partial charge in [-0.3, -0.25) is 0 Å². The molecule has 0 amide bonds. The number of esters is 1. The number of hydrogen-bond donors (Lipinski definition) is 0. The predicted molar refractivity (Wildman–Crippen MR) is 113 cm³/mol. The average Bonchev–Trinajstić information content (AvgIpc) is 2.71. The minimum atomic E-state index is -3.90. The number of hydrogen-bond acceptors (Lipinski definition) is 6. The van der Waals surface area contributed by atoms with Crippen LogP contribution in [0, 0.1) is 6.92 Å². The number of nitrogens with zero attached hydrogens (tertiary/aromatic N) is 1. The number of carbonyl (C=O) groups is 1. The fourth-order valence-corrected chi connectivity index (χ4v) is 5.12. The van der Waals surface area contributed by atoms with Crippen LogP contribution >= 0.6 is 23.2 Å². The van der Waals surface area contributed by atoms with Crippen molar-refractivity contribution in [1.29, 1.82) is 0 Å². The lowest BCUT2D eigenvalue weighted by Gasteiger charge is -2.26. The molecular weight excluding hydrogens is 453 g/mol. The third kappa shape index (κ3) is 5.44. The highest BCUT2D eigenvalue weighted by molar-refractivity contribution is 7.89. The second kappa shape index (κ2) is 9.98. The first kappa shape index (κ1) is 22.8. The number of halogens is 2. The van der Waals surface area contributed by atoms with Crippen molar-refractivity contribution in [2.45, 2.75) is 11.8 Å². The summed E-state index contributed by atoms with van der Waals surface area (Å²) >= 11 is 12.2. The van der Waals surface area contributed by atoms with Gasteiger partial charge in [-0.15, -0.1) is 0 Å². The van der Waals surface area contributed by atoms with Crippen LogP contribution in [0.4, 0.5) is 0 Å². The molecule has 1 heterocycles. The SMILES string of the molecule is Cc1cccc(OCCOC(=O)c2cc(S(=O)(=O)N3CCOCC3)c(Cl)cc2Cl)c1. The summed E-state index contributed by atoms with van der Waals surface area (Å²) in [6.45, 7) is 3.05. The van der Waals surface area contributed by atoms with E-state index in [0.29, 0.717) is 19.0 Å². The monoisotopic (exact) mass is 473 g/mol. The van der Waals surface area contributed by atoms with Crippen LogP contribution in [0.15, 0.2) is 41.3 Å². The van der Waals surface area contributed by atoms with Gasteiger partial charge in [0.1, 0.15) is 23.9 Å². The van der Waals surface area contributed by atoms with Gasteiger partial charge in [-0.25, -0.2) is 13.2 Å². The molecule has 0 spiro atoms. The second-order valence-corrected chi connectivity index (χ2v) is 9.30. The third-order valence-electron chi connectivity index (χ3n) is 4.40. The Morgan fingerprint density at radius 3 is 2.53 bits per heavy atom. The molecular formula is C20H21Cl2NO6S. The van der Waals surface area contributed by atoms with Gasteiger partial charge < -0.3 is 14.2 Å². The molecule has 3 rings (SSSR count). The van der Waals surface area contributed by atoms with E-state index in [1.165, 1.54) is 10.4 Å². The summed E-state index contributed by atoms with van der Waals surface area (Å²) in [6.07, 6.45) is 0. The maximum Gasteiger partial charge on any atom is 0.339 e. The molecule has 1 aliphatic heterocycles. The normalized spacial score (nSPS) is 15.0. The summed E-state index contributed by atoms with van der Waals surface area (Å²) in [6, 6.07) is 9.85. The number of benzene rings is 2. The molecule has 0 saturated carbocycles. The number of carbonyl (C=O) groups excluding carboxylic acids is 1. The van der Waals surface area contributed by atoms with Crippen molar-refractivity contribution in [2.24, 2.45) is 0 Å². The first-order chi connectivity index (χ1) is 14.3. The second-order valence-electron chi connectivity index (χ2n) is 6.58. The first-order valence-electron chi connectivity index (χ1n) is 9.22. The number of aryl methyl sites for hydroxylation is 1. The Kier molecular flexibility index (Phi) is 7.60. The highest BCUT2D eigenvalue weighted by Gasteiger charge is 2.30. The van der Waals surface area contributed by atoms with Gasteiger partial charge in [0.05, 0.1) is 28.8 Å². The zero-order valence-electron chi connectivity index (χ0n) is 16.3. The molecule has 1 saturated heterocycles. The quantitative estimate of drug-likeness (QED) is 0.451. The smallest absolute Gasteiger partial charge is 0.339 e. The van der Waals surface area contributed by atoms with E-state index in [9.17, 15) is 13.2 Å². The largest absolute Gasteiger partial charge is 0.490 e. The first-order valence-corrected chi connectivity index (χ1v) is 11.4. The zero-order valence-corrected chi connectivity index (χ0v) is 18.6. The number of rotatable bonds is 7. The minimum Gasteiger partial charge on any atom is -0.490 e. The van der Waals surface area contributed by atoms with Crippen molar-refractivity contribution in [2.75, 3.05) is 39.5 Å². The van der Waals surface area contributed by atoms with Crippen LogP contribution < -0.4 is 4.74 Å². The fraction of sp³-hybridized carbons (Fsp3) is 0.350. The van der Waals surface area contributed by atoms with E-state index in [4.69, 9.17) is 37.4 Å². The van der Waals surface area contributed by atoms with E-state index in [2.05, 4.69) is 0 Å². The lowest BCUT2D eigenvalue weighted by molar-refractivity contribution is 0.0450. The molecule has 0 aliphatic carbocycles. The van der Waals surface area contributed by atoms with Gasteiger partial charge >= 0.3 is 5.97 Å². The molecule has 0 N–H and O–H groups in total. The molecule has 162 valence electrons. The fourth-order valence-electron chi connectivity index (χ4n) is 2.89. The summed E-state index contributed by atoms with van der Waals surface area (Å²) in [7, 11) is -3.90. The van der Waals surface area contributed by atoms with E-state index in [-0.39, 0.29) is 46.8 Å². The average molecular weight is 474 g/mol. The van der Waals surface area contributed by atoms with Gasteiger partial charge in [-0.05, 0) is 36.8 Å². The number of ether oxygens (including phenoxy) is 3. The molecule has 0 aromatic heterocycles. The van der Waals surface area contributed by atoms with Crippen molar-refractivity contribution in [1.82, 2.24) is 4.31 Å². The van der Waals surface area contributed by atoms with E-state index in [0.717, 1.165) is 11.6 Å². The molecule has 0 unspecified atom stereocenters. The lowest BCUT2D eigenvalue weighted by atomic mass is 10.2. The molecule has 7 nitrogen and oxygen atoms in total. The number of sulfonamides is 1. The summed E-state index contributed by atoms with van der Waals surface area (Å²) < 4.78 is 43.0. The summed E-state index contributed by atoms with van der Waals surface area (Å²) in [5.41, 5.74) is 0.968. The molecule has 1 aliphatic rings. The molecule has 10 heteroatoms. The van der Waals surface area contributed by atoms with E-state index in [1.807, 2.05) is 25.1 Å². The standard InChI is InChI=1S/C20H21Cl2NO6S/c1-14-3-2-4-15(11-14)28-9-10-29-20(24)16-12-19(18(22)13-17(16)21)30(25,26)23-5-7-27-8-6-23/h2-4,11-13H,5-10H2,1H3. The Bertz CT molecular complexity index is 1020. The van der Waals surface area contributed by atoms with Crippen LogP contribution in [-0.2, 0) is 19.5 Å². The van der Waals surface area contributed by atoms with E-state index >= 15 is 0 Å². The van der Waals surface area contributed by atoms with Crippen LogP contribution in [0.2, 0.25) is 10.0 Å². The van der Waals surface area contributed by atoms with Crippen molar-refractivity contribution in [3.63, 3.8) is 0 Å². The molecule has 2 aromatic carbocycles. The molecule has 1 fully saturated rings. The van der Waals surface area contributed by atoms with Crippen LogP contribution in [0.1, 0.15) is 15.9 Å². The molecule has 0 bridgehead atoms. The Labute approximate surface area is 185 Å². The Balaban J connectivity index is 1.69. The van der Waals surface area contributed by atoms with Gasteiger partial charge in [0, 0.05) is 13.1 Å². The van der Waals surface area contributed by atoms with Crippen LogP contribution in [0.5, 0.6) is 5.75 Å². The number of morpholine rings is 1. The Morgan fingerprint density at radius 2 is 1.83 bits per heavy atom. The van der Waals surface area contributed by atoms with Gasteiger partial charge in [-0.2, -0.15) is 4.31 Å². The minimum absolute atomic E-state index is 0.00512. The maximum absolute atomic E-state index is 12.9. The van der Waals surface area contributed by atoms with Gasteiger partial charge in [0.25, 0.3) is 0 Å². The third-order valence-corrected chi connectivity index (χ3v) is 7.08. The van der Waals surface area contributed by atoms with E-state index in [1.54, 1.807) is 6.07 Å². The molecule has 0 radical (unpaired) electrons. The van der Waals surface area contributed by atoms with Crippen molar-refractivity contribution < 1.29 is 27.4 Å². The van der Waals surface area contributed by atoms with Crippen molar-refractivity contribution in [3.05, 3.63) is 57.6 Å². The van der Waals surface area contributed by atoms with Gasteiger partial charge in [-0.1, -0.05) is 35.3 Å². The van der Waals surface area contributed by atoms with Crippen molar-refractivity contribution in [3.8, 4) is 5.75 Å².